The van der Waals surface area contributed by atoms with Crippen LogP contribution in [0, 0.1) is 12.7 Å². The molecule has 0 saturated carbocycles. The molecule has 2 heterocycles. The molecule has 1 aromatic heterocycles. The summed E-state index contributed by atoms with van der Waals surface area (Å²) in [7, 11) is 1.68. The smallest absolute Gasteiger partial charge is 0.253 e. The maximum Gasteiger partial charge on any atom is 0.253 e. The molecule has 1 aliphatic heterocycles. The van der Waals surface area contributed by atoms with Gasteiger partial charge in [-0.05, 0) is 68.7 Å². The van der Waals surface area contributed by atoms with E-state index in [1.165, 1.54) is 5.56 Å². The number of aryl methyl sites for hydroxylation is 2. The molecule has 0 aliphatic carbocycles. The van der Waals surface area contributed by atoms with Gasteiger partial charge in [-0.2, -0.15) is 0 Å². The van der Waals surface area contributed by atoms with Gasteiger partial charge in [0.1, 0.15) is 11.6 Å². The highest BCUT2D eigenvalue weighted by atomic mass is 19.1. The second kappa shape index (κ2) is 13.1. The molecule has 210 valence electrons. The summed E-state index contributed by atoms with van der Waals surface area (Å²) in [5.74, 6) is 0.516. The number of aromatic nitrogens is 1. The SMILES string of the molecule is COc1cccc2c(C(=O)NCc3cccc(C)c3)cn(CCCN3CCCN(Cc4ccc(F)cc4)CC3)c12. The van der Waals surface area contributed by atoms with Crippen molar-refractivity contribution in [2.45, 2.75) is 39.4 Å². The number of hydrogen-bond acceptors (Lipinski definition) is 4. The van der Waals surface area contributed by atoms with Crippen molar-refractivity contribution in [2.24, 2.45) is 0 Å². The number of benzene rings is 3. The van der Waals surface area contributed by atoms with Gasteiger partial charge < -0.3 is 19.5 Å². The lowest BCUT2D eigenvalue weighted by molar-refractivity contribution is 0.0952. The van der Waals surface area contributed by atoms with Crippen LogP contribution in [0.1, 0.15) is 39.9 Å². The maximum absolute atomic E-state index is 13.3. The first-order valence-corrected chi connectivity index (χ1v) is 14.2. The van der Waals surface area contributed by atoms with E-state index < -0.39 is 0 Å². The third-order valence-electron chi connectivity index (χ3n) is 7.74. The van der Waals surface area contributed by atoms with Crippen LogP contribution >= 0.6 is 0 Å². The lowest BCUT2D eigenvalue weighted by atomic mass is 10.1. The number of para-hydroxylation sites is 1. The Balaban J connectivity index is 1.20. The Kier molecular flexibility index (Phi) is 9.14. The summed E-state index contributed by atoms with van der Waals surface area (Å²) >= 11 is 0. The molecule has 4 aromatic rings. The average Bonchev–Trinajstić information content (AvgIpc) is 3.19. The van der Waals surface area contributed by atoms with Crippen molar-refractivity contribution in [3.8, 4) is 5.75 Å². The van der Waals surface area contributed by atoms with E-state index >= 15 is 0 Å². The molecule has 6 nitrogen and oxygen atoms in total. The molecule has 1 fully saturated rings. The standard InChI is InChI=1S/C33H39FN4O2/c1-25-7-3-8-27(21-25)22-35-33(39)30-24-38(32-29(30)9-4-10-31(32)40-2)18-6-16-36-15-5-17-37(20-19-36)23-26-11-13-28(34)14-12-26/h3-4,7-14,21,24H,5-6,15-20,22-23H2,1-2H3,(H,35,39). The van der Waals surface area contributed by atoms with Crippen LogP contribution in [-0.4, -0.2) is 60.1 Å². The molecule has 40 heavy (non-hydrogen) atoms. The van der Waals surface area contributed by atoms with E-state index in [-0.39, 0.29) is 11.7 Å². The van der Waals surface area contributed by atoms with Crippen LogP contribution in [-0.2, 0) is 19.6 Å². The van der Waals surface area contributed by atoms with E-state index in [4.69, 9.17) is 4.74 Å². The molecule has 5 rings (SSSR count). The first kappa shape index (κ1) is 27.9. The Morgan fingerprint density at radius 1 is 0.925 bits per heavy atom. The van der Waals surface area contributed by atoms with Crippen LogP contribution < -0.4 is 10.1 Å². The minimum Gasteiger partial charge on any atom is -0.495 e. The summed E-state index contributed by atoms with van der Waals surface area (Å²) in [4.78, 5) is 18.3. The van der Waals surface area contributed by atoms with E-state index in [0.29, 0.717) is 12.1 Å². The second-order valence-corrected chi connectivity index (χ2v) is 10.7. The molecule has 1 aliphatic rings. The number of fused-ring (bicyclic) bond motifs is 1. The summed E-state index contributed by atoms with van der Waals surface area (Å²) in [6, 6.07) is 20.9. The zero-order valence-corrected chi connectivity index (χ0v) is 23.5. The zero-order chi connectivity index (χ0) is 27.9. The molecule has 1 amide bonds. The Hall–Kier alpha value is -3.68. The monoisotopic (exact) mass is 542 g/mol. The summed E-state index contributed by atoms with van der Waals surface area (Å²) < 4.78 is 21.1. The topological polar surface area (TPSA) is 49.7 Å². The largest absolute Gasteiger partial charge is 0.495 e. The number of nitrogens with zero attached hydrogens (tertiary/aromatic N) is 3. The molecule has 0 atom stereocenters. The van der Waals surface area contributed by atoms with Crippen molar-refractivity contribution in [3.63, 3.8) is 0 Å². The van der Waals surface area contributed by atoms with Crippen molar-refractivity contribution in [1.82, 2.24) is 19.7 Å². The summed E-state index contributed by atoms with van der Waals surface area (Å²) in [5, 5.41) is 4.01. The normalized spacial score (nSPS) is 14.8. The Labute approximate surface area is 236 Å². The van der Waals surface area contributed by atoms with Crippen LogP contribution in [0.2, 0.25) is 0 Å². The second-order valence-electron chi connectivity index (χ2n) is 10.7. The molecular formula is C33H39FN4O2. The third-order valence-corrected chi connectivity index (χ3v) is 7.74. The predicted molar refractivity (Wildman–Crippen MR) is 158 cm³/mol. The highest BCUT2D eigenvalue weighted by Gasteiger charge is 2.19. The van der Waals surface area contributed by atoms with Crippen LogP contribution in [0.3, 0.4) is 0 Å². The van der Waals surface area contributed by atoms with Gasteiger partial charge in [-0.3, -0.25) is 9.69 Å². The number of carbonyl (C=O) groups excluding carboxylic acids is 1. The van der Waals surface area contributed by atoms with E-state index in [1.54, 1.807) is 19.2 Å². The molecule has 7 heteroatoms. The van der Waals surface area contributed by atoms with Crippen molar-refractivity contribution < 1.29 is 13.9 Å². The first-order chi connectivity index (χ1) is 19.5. The van der Waals surface area contributed by atoms with Crippen molar-refractivity contribution in [2.75, 3.05) is 39.8 Å². The summed E-state index contributed by atoms with van der Waals surface area (Å²) in [6.07, 6.45) is 4.07. The zero-order valence-electron chi connectivity index (χ0n) is 23.5. The van der Waals surface area contributed by atoms with E-state index in [0.717, 1.165) is 86.4 Å². The molecule has 1 saturated heterocycles. The van der Waals surface area contributed by atoms with Gasteiger partial charge in [0.2, 0.25) is 0 Å². The van der Waals surface area contributed by atoms with Crippen LogP contribution in [0.4, 0.5) is 4.39 Å². The summed E-state index contributed by atoms with van der Waals surface area (Å²) in [6.45, 7) is 9.35. The fourth-order valence-corrected chi connectivity index (χ4v) is 5.67. The van der Waals surface area contributed by atoms with Crippen LogP contribution in [0.5, 0.6) is 5.75 Å². The quantitative estimate of drug-likeness (QED) is 0.282. The van der Waals surface area contributed by atoms with Crippen molar-refractivity contribution in [1.29, 1.82) is 0 Å². The van der Waals surface area contributed by atoms with E-state index in [2.05, 4.69) is 38.7 Å². The number of carbonyl (C=O) groups is 1. The Bertz CT molecular complexity index is 1430. The highest BCUT2D eigenvalue weighted by Crippen LogP contribution is 2.30. The minimum absolute atomic E-state index is 0.0766. The molecule has 1 N–H and O–H groups in total. The first-order valence-electron chi connectivity index (χ1n) is 14.2. The fraction of sp³-hybridized carbons (Fsp3) is 0.364. The van der Waals surface area contributed by atoms with Gasteiger partial charge in [-0.25, -0.2) is 4.39 Å². The van der Waals surface area contributed by atoms with Gasteiger partial charge in [-0.1, -0.05) is 54.1 Å². The lowest BCUT2D eigenvalue weighted by Crippen LogP contribution is -2.31. The predicted octanol–water partition coefficient (Wildman–Crippen LogP) is 5.63. The number of ether oxygens (including phenoxy) is 1. The maximum atomic E-state index is 13.3. The van der Waals surface area contributed by atoms with Gasteiger partial charge in [0.05, 0.1) is 18.2 Å². The third kappa shape index (κ3) is 6.90. The Morgan fingerprint density at radius 2 is 1.70 bits per heavy atom. The van der Waals surface area contributed by atoms with E-state index in [1.807, 2.05) is 48.7 Å². The average molecular weight is 543 g/mol. The molecule has 0 bridgehead atoms. The molecular weight excluding hydrogens is 503 g/mol. The van der Waals surface area contributed by atoms with Crippen LogP contribution in [0.25, 0.3) is 10.9 Å². The lowest BCUT2D eigenvalue weighted by Gasteiger charge is -2.22. The van der Waals surface area contributed by atoms with Gasteiger partial charge in [0.15, 0.2) is 0 Å². The number of nitrogens with one attached hydrogen (secondary N) is 1. The molecule has 0 radical (unpaired) electrons. The van der Waals surface area contributed by atoms with Crippen molar-refractivity contribution in [3.05, 3.63) is 101 Å². The number of methoxy groups -OCH3 is 1. The van der Waals surface area contributed by atoms with Gasteiger partial charge >= 0.3 is 0 Å². The van der Waals surface area contributed by atoms with Gasteiger partial charge in [0, 0.05) is 44.3 Å². The fourth-order valence-electron chi connectivity index (χ4n) is 5.67. The van der Waals surface area contributed by atoms with Gasteiger partial charge in [0.25, 0.3) is 5.91 Å². The van der Waals surface area contributed by atoms with E-state index in [9.17, 15) is 9.18 Å². The number of halogens is 1. The highest BCUT2D eigenvalue weighted by molar-refractivity contribution is 6.08. The molecule has 0 spiro atoms. The summed E-state index contributed by atoms with van der Waals surface area (Å²) in [5.41, 5.74) is 5.06. The number of amides is 1. The Morgan fingerprint density at radius 3 is 2.50 bits per heavy atom. The number of rotatable bonds is 10. The number of hydrogen-bond donors (Lipinski definition) is 1. The van der Waals surface area contributed by atoms with Gasteiger partial charge in [-0.15, -0.1) is 0 Å². The molecule has 0 unspecified atom stereocenters. The minimum atomic E-state index is -0.186. The van der Waals surface area contributed by atoms with Crippen LogP contribution in [0.15, 0.2) is 72.9 Å². The van der Waals surface area contributed by atoms with Crippen molar-refractivity contribution >= 4 is 16.8 Å². The molecule has 3 aromatic carbocycles.